The highest BCUT2D eigenvalue weighted by Gasteiger charge is 2.11. The highest BCUT2D eigenvalue weighted by molar-refractivity contribution is 9.09. The minimum absolute atomic E-state index is 0.497. The molecule has 0 aliphatic heterocycles. The van der Waals surface area contributed by atoms with E-state index in [4.69, 9.17) is 9.47 Å². The molecule has 1 rings (SSSR count). The van der Waals surface area contributed by atoms with E-state index in [-0.39, 0.29) is 0 Å². The summed E-state index contributed by atoms with van der Waals surface area (Å²) in [5, 5.41) is 0.949. The third kappa shape index (κ3) is 4.14. The molecule has 0 amide bonds. The highest BCUT2D eigenvalue weighted by Crippen LogP contribution is 2.21. The summed E-state index contributed by atoms with van der Waals surface area (Å²) >= 11 is 3.53. The first-order chi connectivity index (χ1) is 7.81. The van der Waals surface area contributed by atoms with Crippen LogP contribution in [-0.4, -0.2) is 25.7 Å². The second-order valence-corrected chi connectivity index (χ2v) is 4.34. The van der Waals surface area contributed by atoms with E-state index in [1.165, 1.54) is 5.56 Å². The summed E-state index contributed by atoms with van der Waals surface area (Å²) in [4.78, 5) is 0. The third-order valence-corrected chi connectivity index (χ3v) is 3.39. The molecule has 1 aromatic rings. The van der Waals surface area contributed by atoms with Crippen molar-refractivity contribution in [1.82, 2.24) is 0 Å². The average Bonchev–Trinajstić information content (AvgIpc) is 2.34. The molecule has 1 unspecified atom stereocenters. The number of benzene rings is 1. The molecule has 0 saturated heterocycles. The molecule has 2 nitrogen and oxygen atoms in total. The summed E-state index contributed by atoms with van der Waals surface area (Å²) in [5.74, 6) is 1.46. The molecule has 1 aromatic carbocycles. The van der Waals surface area contributed by atoms with Gasteiger partial charge in [-0.05, 0) is 30.9 Å². The Bertz CT molecular complexity index is 302. The summed E-state index contributed by atoms with van der Waals surface area (Å²) < 4.78 is 10.8. The lowest BCUT2D eigenvalue weighted by molar-refractivity contribution is 0.118. The van der Waals surface area contributed by atoms with Crippen molar-refractivity contribution in [3.8, 4) is 5.75 Å². The van der Waals surface area contributed by atoms with Crippen molar-refractivity contribution in [1.29, 1.82) is 0 Å². The van der Waals surface area contributed by atoms with Crippen LogP contribution in [0, 0.1) is 5.92 Å². The molecule has 0 N–H and O–H groups in total. The van der Waals surface area contributed by atoms with Crippen LogP contribution < -0.4 is 4.74 Å². The Kier molecular flexibility index (Phi) is 6.50. The zero-order valence-electron chi connectivity index (χ0n) is 9.91. The molecule has 0 spiro atoms. The number of hydrogen-bond acceptors (Lipinski definition) is 2. The smallest absolute Gasteiger partial charge is 0.122 e. The topological polar surface area (TPSA) is 18.5 Å². The van der Waals surface area contributed by atoms with Crippen molar-refractivity contribution in [2.24, 2.45) is 5.92 Å². The summed E-state index contributed by atoms with van der Waals surface area (Å²) in [7, 11) is 1.71. The first-order valence-electron chi connectivity index (χ1n) is 5.57. The molecule has 0 saturated carbocycles. The monoisotopic (exact) mass is 286 g/mol. The van der Waals surface area contributed by atoms with Crippen LogP contribution in [0.15, 0.2) is 24.3 Å². The maximum absolute atomic E-state index is 5.46. The molecule has 1 atom stereocenters. The van der Waals surface area contributed by atoms with E-state index in [9.17, 15) is 0 Å². The standard InChI is InChI=1S/C13H19BrO2/c1-3-16-10-11(9-14)8-12-6-4-5-7-13(12)15-2/h4-7,11H,3,8-10H2,1-2H3. The Balaban J connectivity index is 2.62. The molecule has 0 aliphatic rings. The van der Waals surface area contributed by atoms with Crippen LogP contribution in [0.3, 0.4) is 0 Å². The van der Waals surface area contributed by atoms with Crippen LogP contribution in [0.5, 0.6) is 5.75 Å². The number of methoxy groups -OCH3 is 1. The Morgan fingerprint density at radius 2 is 2.06 bits per heavy atom. The van der Waals surface area contributed by atoms with Crippen LogP contribution in [0.25, 0.3) is 0 Å². The predicted octanol–water partition coefficient (Wildman–Crippen LogP) is 3.29. The van der Waals surface area contributed by atoms with Gasteiger partial charge >= 0.3 is 0 Å². The molecule has 0 aromatic heterocycles. The quantitative estimate of drug-likeness (QED) is 0.716. The van der Waals surface area contributed by atoms with Gasteiger partial charge in [0, 0.05) is 11.9 Å². The molecule has 16 heavy (non-hydrogen) atoms. The Labute approximate surface area is 106 Å². The molecule has 0 fully saturated rings. The second-order valence-electron chi connectivity index (χ2n) is 3.70. The number of rotatable bonds is 7. The van der Waals surface area contributed by atoms with E-state index in [1.807, 2.05) is 25.1 Å². The van der Waals surface area contributed by atoms with Gasteiger partial charge in [-0.3, -0.25) is 0 Å². The molecule has 3 heteroatoms. The van der Waals surface area contributed by atoms with Crippen molar-refractivity contribution >= 4 is 15.9 Å². The van der Waals surface area contributed by atoms with E-state index in [2.05, 4.69) is 22.0 Å². The van der Waals surface area contributed by atoms with Crippen molar-refractivity contribution in [2.45, 2.75) is 13.3 Å². The first kappa shape index (κ1) is 13.5. The zero-order valence-corrected chi connectivity index (χ0v) is 11.5. The van der Waals surface area contributed by atoms with Gasteiger partial charge in [-0.1, -0.05) is 34.1 Å². The maximum atomic E-state index is 5.46. The largest absolute Gasteiger partial charge is 0.496 e. The van der Waals surface area contributed by atoms with E-state index >= 15 is 0 Å². The zero-order chi connectivity index (χ0) is 11.8. The fourth-order valence-corrected chi connectivity index (χ4v) is 2.04. The highest BCUT2D eigenvalue weighted by atomic mass is 79.9. The van der Waals surface area contributed by atoms with Crippen LogP contribution in [0.2, 0.25) is 0 Å². The first-order valence-corrected chi connectivity index (χ1v) is 6.69. The normalized spacial score (nSPS) is 12.4. The van der Waals surface area contributed by atoms with Gasteiger partial charge in [-0.2, -0.15) is 0 Å². The Morgan fingerprint density at radius 3 is 2.69 bits per heavy atom. The lowest BCUT2D eigenvalue weighted by Gasteiger charge is -2.15. The van der Waals surface area contributed by atoms with Gasteiger partial charge in [0.2, 0.25) is 0 Å². The Hall–Kier alpha value is -0.540. The second kappa shape index (κ2) is 7.69. The maximum Gasteiger partial charge on any atom is 0.122 e. The fraction of sp³-hybridized carbons (Fsp3) is 0.538. The minimum atomic E-state index is 0.497. The van der Waals surface area contributed by atoms with E-state index in [0.717, 1.165) is 30.7 Å². The number of halogens is 1. The van der Waals surface area contributed by atoms with Gasteiger partial charge in [-0.25, -0.2) is 0 Å². The predicted molar refractivity (Wildman–Crippen MR) is 70.5 cm³/mol. The van der Waals surface area contributed by atoms with E-state index in [0.29, 0.717) is 5.92 Å². The fourth-order valence-electron chi connectivity index (χ4n) is 1.63. The van der Waals surface area contributed by atoms with Gasteiger partial charge < -0.3 is 9.47 Å². The average molecular weight is 287 g/mol. The van der Waals surface area contributed by atoms with Gasteiger partial charge in [0.15, 0.2) is 0 Å². The van der Waals surface area contributed by atoms with Crippen molar-refractivity contribution < 1.29 is 9.47 Å². The summed E-state index contributed by atoms with van der Waals surface area (Å²) in [6.45, 7) is 3.59. The van der Waals surface area contributed by atoms with Crippen LogP contribution in [0.4, 0.5) is 0 Å². The van der Waals surface area contributed by atoms with E-state index < -0.39 is 0 Å². The van der Waals surface area contributed by atoms with Crippen LogP contribution in [0.1, 0.15) is 12.5 Å². The Morgan fingerprint density at radius 1 is 1.31 bits per heavy atom. The van der Waals surface area contributed by atoms with Crippen molar-refractivity contribution in [3.63, 3.8) is 0 Å². The lowest BCUT2D eigenvalue weighted by Crippen LogP contribution is -2.14. The summed E-state index contributed by atoms with van der Waals surface area (Å²) in [6, 6.07) is 8.15. The number of hydrogen-bond donors (Lipinski definition) is 0. The van der Waals surface area contributed by atoms with E-state index in [1.54, 1.807) is 7.11 Å². The molecule has 0 radical (unpaired) electrons. The minimum Gasteiger partial charge on any atom is -0.496 e. The summed E-state index contributed by atoms with van der Waals surface area (Å²) in [5.41, 5.74) is 1.24. The third-order valence-electron chi connectivity index (χ3n) is 2.48. The molecule has 0 aliphatic carbocycles. The van der Waals surface area contributed by atoms with Gasteiger partial charge in [0.05, 0.1) is 13.7 Å². The SMILES string of the molecule is CCOCC(CBr)Cc1ccccc1OC. The van der Waals surface area contributed by atoms with Gasteiger partial charge in [-0.15, -0.1) is 0 Å². The number of alkyl halides is 1. The van der Waals surface area contributed by atoms with Crippen LogP contribution in [-0.2, 0) is 11.2 Å². The number of ether oxygens (including phenoxy) is 2. The molecular weight excluding hydrogens is 268 g/mol. The lowest BCUT2D eigenvalue weighted by atomic mass is 10.0. The number of para-hydroxylation sites is 1. The van der Waals surface area contributed by atoms with Crippen molar-refractivity contribution in [3.05, 3.63) is 29.8 Å². The molecule has 0 heterocycles. The molecule has 0 bridgehead atoms. The van der Waals surface area contributed by atoms with Gasteiger partial charge in [0.1, 0.15) is 5.75 Å². The summed E-state index contributed by atoms with van der Waals surface area (Å²) in [6.07, 6.45) is 0.981. The van der Waals surface area contributed by atoms with Crippen molar-refractivity contribution in [2.75, 3.05) is 25.7 Å². The van der Waals surface area contributed by atoms with Gasteiger partial charge in [0.25, 0.3) is 0 Å². The van der Waals surface area contributed by atoms with Crippen LogP contribution >= 0.6 is 15.9 Å². The molecule has 90 valence electrons. The molecular formula is C13H19BrO2.